The minimum atomic E-state index is -4.41. The molecule has 0 atom stereocenters. The van der Waals surface area contributed by atoms with E-state index in [1.165, 1.54) is 12.1 Å². The van der Waals surface area contributed by atoms with Gasteiger partial charge in [0.2, 0.25) is 5.95 Å². The third-order valence-electron chi connectivity index (χ3n) is 3.82. The van der Waals surface area contributed by atoms with Gasteiger partial charge in [-0.1, -0.05) is 13.8 Å². The van der Waals surface area contributed by atoms with Crippen LogP contribution in [0.3, 0.4) is 0 Å². The molecule has 5 nitrogen and oxygen atoms in total. The fraction of sp³-hybridized carbons (Fsp3) is 0.421. The summed E-state index contributed by atoms with van der Waals surface area (Å²) >= 11 is 0. The van der Waals surface area contributed by atoms with E-state index in [9.17, 15) is 18.0 Å². The fourth-order valence-corrected chi connectivity index (χ4v) is 2.60. The molecule has 1 amide bonds. The standard InChI is InChI=1S/C19H23F3N4O/c1-4-10-26(11-5-2)18-23-13(3)12-16(25-18)17(27)24-15-8-6-14(7-9-15)19(20,21)22/h6-9,12H,4-5,10-11H2,1-3H3,(H,24,27). The number of carbonyl (C=O) groups excluding carboxylic acids is 1. The quantitative estimate of drug-likeness (QED) is 0.758. The van der Waals surface area contributed by atoms with Gasteiger partial charge >= 0.3 is 6.18 Å². The number of benzene rings is 1. The Morgan fingerprint density at radius 3 is 2.19 bits per heavy atom. The Hall–Kier alpha value is -2.64. The average molecular weight is 380 g/mol. The van der Waals surface area contributed by atoms with Crippen LogP contribution in [0.2, 0.25) is 0 Å². The second-order valence-corrected chi connectivity index (χ2v) is 6.21. The molecule has 0 aliphatic rings. The van der Waals surface area contributed by atoms with Crippen molar-refractivity contribution >= 4 is 17.5 Å². The number of carbonyl (C=O) groups is 1. The molecule has 0 saturated carbocycles. The Bertz CT molecular complexity index is 770. The maximum Gasteiger partial charge on any atom is 0.416 e. The number of aryl methyl sites for hydroxylation is 1. The highest BCUT2D eigenvalue weighted by Crippen LogP contribution is 2.29. The first-order valence-corrected chi connectivity index (χ1v) is 8.83. The zero-order valence-electron chi connectivity index (χ0n) is 15.6. The van der Waals surface area contributed by atoms with Crippen molar-refractivity contribution in [3.63, 3.8) is 0 Å². The molecule has 0 fully saturated rings. The molecule has 2 aromatic rings. The van der Waals surface area contributed by atoms with Crippen molar-refractivity contribution in [3.8, 4) is 0 Å². The average Bonchev–Trinajstić information content (AvgIpc) is 2.60. The van der Waals surface area contributed by atoms with Gasteiger partial charge in [-0.15, -0.1) is 0 Å². The van der Waals surface area contributed by atoms with Gasteiger partial charge in [0, 0.05) is 24.5 Å². The van der Waals surface area contributed by atoms with Crippen molar-refractivity contribution in [1.82, 2.24) is 9.97 Å². The highest BCUT2D eigenvalue weighted by molar-refractivity contribution is 6.03. The first-order valence-electron chi connectivity index (χ1n) is 8.83. The third kappa shape index (κ3) is 5.67. The number of hydrogen-bond acceptors (Lipinski definition) is 4. The van der Waals surface area contributed by atoms with Gasteiger partial charge in [0.15, 0.2) is 0 Å². The Kier molecular flexibility index (Phi) is 6.76. The number of nitrogens with zero attached hydrogens (tertiary/aromatic N) is 3. The predicted octanol–water partition coefficient (Wildman–Crippen LogP) is 4.68. The van der Waals surface area contributed by atoms with E-state index in [4.69, 9.17) is 0 Å². The van der Waals surface area contributed by atoms with E-state index in [2.05, 4.69) is 29.1 Å². The van der Waals surface area contributed by atoms with Crippen LogP contribution in [0.5, 0.6) is 0 Å². The summed E-state index contributed by atoms with van der Waals surface area (Å²) in [6.45, 7) is 7.43. The van der Waals surface area contributed by atoms with Crippen LogP contribution in [0.15, 0.2) is 30.3 Å². The second kappa shape index (κ2) is 8.83. The molecule has 0 radical (unpaired) electrons. The molecule has 0 spiro atoms. The Morgan fingerprint density at radius 1 is 1.07 bits per heavy atom. The number of aromatic nitrogens is 2. The number of anilines is 2. The molecule has 146 valence electrons. The van der Waals surface area contributed by atoms with E-state index < -0.39 is 17.6 Å². The molecule has 1 heterocycles. The molecule has 0 unspecified atom stereocenters. The van der Waals surface area contributed by atoms with Gasteiger partial charge in [0.1, 0.15) is 5.69 Å². The van der Waals surface area contributed by atoms with Gasteiger partial charge in [-0.3, -0.25) is 4.79 Å². The highest BCUT2D eigenvalue weighted by Gasteiger charge is 2.30. The molecule has 8 heteroatoms. The maximum absolute atomic E-state index is 12.6. The molecule has 1 N–H and O–H groups in total. The van der Waals surface area contributed by atoms with Crippen LogP contribution in [0.4, 0.5) is 24.8 Å². The number of hydrogen-bond donors (Lipinski definition) is 1. The lowest BCUT2D eigenvalue weighted by Gasteiger charge is -2.22. The van der Waals surface area contributed by atoms with Crippen LogP contribution in [0, 0.1) is 6.92 Å². The minimum absolute atomic E-state index is 0.176. The zero-order valence-corrected chi connectivity index (χ0v) is 15.6. The summed E-state index contributed by atoms with van der Waals surface area (Å²) in [6, 6.07) is 5.85. The number of alkyl halides is 3. The van der Waals surface area contributed by atoms with Crippen molar-refractivity contribution in [2.75, 3.05) is 23.3 Å². The van der Waals surface area contributed by atoms with E-state index in [0.717, 1.165) is 38.1 Å². The molecule has 1 aromatic carbocycles. The normalized spacial score (nSPS) is 11.3. The smallest absolute Gasteiger partial charge is 0.341 e. The minimum Gasteiger partial charge on any atom is -0.341 e. The van der Waals surface area contributed by atoms with Gasteiger partial charge in [-0.2, -0.15) is 13.2 Å². The summed E-state index contributed by atoms with van der Waals surface area (Å²) in [5.41, 5.74) is 0.324. The topological polar surface area (TPSA) is 58.1 Å². The molecule has 0 bridgehead atoms. The lowest BCUT2D eigenvalue weighted by molar-refractivity contribution is -0.137. The van der Waals surface area contributed by atoms with Gasteiger partial charge in [0.25, 0.3) is 5.91 Å². The van der Waals surface area contributed by atoms with Crippen LogP contribution in [-0.4, -0.2) is 29.0 Å². The van der Waals surface area contributed by atoms with Crippen LogP contribution >= 0.6 is 0 Å². The van der Waals surface area contributed by atoms with Crippen LogP contribution in [0.1, 0.15) is 48.4 Å². The summed E-state index contributed by atoms with van der Waals surface area (Å²) in [4.78, 5) is 23.3. The van der Waals surface area contributed by atoms with Crippen LogP contribution < -0.4 is 10.2 Å². The summed E-state index contributed by atoms with van der Waals surface area (Å²) in [6.07, 6.45) is -2.57. The Labute approximate surface area is 156 Å². The monoisotopic (exact) mass is 380 g/mol. The van der Waals surface area contributed by atoms with E-state index >= 15 is 0 Å². The number of halogens is 3. The largest absolute Gasteiger partial charge is 0.416 e. The third-order valence-corrected chi connectivity index (χ3v) is 3.82. The lowest BCUT2D eigenvalue weighted by atomic mass is 10.2. The van der Waals surface area contributed by atoms with Gasteiger partial charge in [-0.05, 0) is 50.1 Å². The molecule has 27 heavy (non-hydrogen) atoms. The first-order chi connectivity index (χ1) is 12.7. The molecule has 0 saturated heterocycles. The summed E-state index contributed by atoms with van der Waals surface area (Å²) in [7, 11) is 0. The molecule has 1 aromatic heterocycles. The lowest BCUT2D eigenvalue weighted by Crippen LogP contribution is -2.28. The van der Waals surface area contributed by atoms with Crippen molar-refractivity contribution in [1.29, 1.82) is 0 Å². The summed E-state index contributed by atoms with van der Waals surface area (Å²) in [5, 5.41) is 2.58. The number of nitrogens with one attached hydrogen (secondary N) is 1. The van der Waals surface area contributed by atoms with Gasteiger partial charge in [-0.25, -0.2) is 9.97 Å². The molecule has 0 aliphatic heterocycles. The first kappa shape index (κ1) is 20.7. The number of amides is 1. The SMILES string of the molecule is CCCN(CCC)c1nc(C)cc(C(=O)Nc2ccc(C(F)(F)F)cc2)n1. The summed E-state index contributed by atoms with van der Waals surface area (Å²) in [5.74, 6) is -0.00859. The summed E-state index contributed by atoms with van der Waals surface area (Å²) < 4.78 is 37.9. The Balaban J connectivity index is 2.20. The van der Waals surface area contributed by atoms with Crippen molar-refractivity contribution in [3.05, 3.63) is 47.3 Å². The predicted molar refractivity (Wildman–Crippen MR) is 99.0 cm³/mol. The Morgan fingerprint density at radius 2 is 1.67 bits per heavy atom. The number of rotatable bonds is 7. The van der Waals surface area contributed by atoms with Crippen LogP contribution in [0.25, 0.3) is 0 Å². The molecule has 0 aliphatic carbocycles. The van der Waals surface area contributed by atoms with E-state index in [1.54, 1.807) is 13.0 Å². The second-order valence-electron chi connectivity index (χ2n) is 6.21. The van der Waals surface area contributed by atoms with E-state index in [1.807, 2.05) is 4.90 Å². The maximum atomic E-state index is 12.6. The fourth-order valence-electron chi connectivity index (χ4n) is 2.60. The van der Waals surface area contributed by atoms with E-state index in [-0.39, 0.29) is 11.4 Å². The zero-order chi connectivity index (χ0) is 20.0. The highest BCUT2D eigenvalue weighted by atomic mass is 19.4. The van der Waals surface area contributed by atoms with Gasteiger partial charge in [0.05, 0.1) is 5.56 Å². The van der Waals surface area contributed by atoms with Crippen molar-refractivity contribution in [2.45, 2.75) is 39.8 Å². The molecule has 2 rings (SSSR count). The molecular weight excluding hydrogens is 357 g/mol. The van der Waals surface area contributed by atoms with Crippen molar-refractivity contribution < 1.29 is 18.0 Å². The van der Waals surface area contributed by atoms with Gasteiger partial charge < -0.3 is 10.2 Å². The van der Waals surface area contributed by atoms with E-state index in [0.29, 0.717) is 11.6 Å². The van der Waals surface area contributed by atoms with Crippen LogP contribution in [-0.2, 0) is 6.18 Å². The van der Waals surface area contributed by atoms with Crippen molar-refractivity contribution in [2.24, 2.45) is 0 Å². The molecular formula is C19H23F3N4O.